The van der Waals surface area contributed by atoms with Gasteiger partial charge < -0.3 is 9.80 Å². The minimum absolute atomic E-state index is 0.0364. The predicted octanol–water partition coefficient (Wildman–Crippen LogP) is 5.19. The van der Waals surface area contributed by atoms with E-state index in [1.165, 1.54) is 40.8 Å². The van der Waals surface area contributed by atoms with Gasteiger partial charge in [-0.25, -0.2) is 14.4 Å². The van der Waals surface area contributed by atoms with Crippen molar-refractivity contribution >= 4 is 33.3 Å². The lowest BCUT2D eigenvalue weighted by Crippen LogP contribution is -2.49. The summed E-state index contributed by atoms with van der Waals surface area (Å²) < 4.78 is 13.2. The quantitative estimate of drug-likeness (QED) is 0.547. The van der Waals surface area contributed by atoms with E-state index in [1.807, 2.05) is 16.2 Å². The van der Waals surface area contributed by atoms with Gasteiger partial charge >= 0.3 is 0 Å². The Morgan fingerprint density at radius 3 is 2.53 bits per heavy atom. The fourth-order valence-electron chi connectivity index (χ4n) is 4.68. The summed E-state index contributed by atoms with van der Waals surface area (Å²) in [6.07, 6.45) is 5.75. The maximum Gasteiger partial charge on any atom is 0.253 e. The van der Waals surface area contributed by atoms with E-state index in [4.69, 9.17) is 9.97 Å². The average Bonchev–Trinajstić information content (AvgIpc) is 3.21. The lowest BCUT2D eigenvalue weighted by Gasteiger charge is -2.36. The number of hydrogen-bond acceptors (Lipinski definition) is 5. The highest BCUT2D eigenvalue weighted by atomic mass is 32.1. The van der Waals surface area contributed by atoms with Crippen molar-refractivity contribution in [1.82, 2.24) is 14.9 Å². The zero-order chi connectivity index (χ0) is 22.2. The first-order valence-corrected chi connectivity index (χ1v) is 12.5. The first kappa shape index (κ1) is 21.3. The van der Waals surface area contributed by atoms with E-state index < -0.39 is 0 Å². The van der Waals surface area contributed by atoms with E-state index in [0.717, 1.165) is 48.8 Å². The molecule has 0 bridgehead atoms. The Hall–Kier alpha value is -2.54. The van der Waals surface area contributed by atoms with Gasteiger partial charge in [-0.1, -0.05) is 13.8 Å². The molecule has 0 radical (unpaired) electrons. The highest BCUT2D eigenvalue weighted by Gasteiger charge is 2.28. The normalized spacial score (nSPS) is 17.5. The molecule has 3 aromatic rings. The Kier molecular flexibility index (Phi) is 5.84. The fraction of sp³-hybridized carbons (Fsp3) is 0.480. The SMILES string of the molecule is CC[C@H](C)c1nc(N2CCN(C(=O)c3ccc(F)cc3)CC2)c2c3c(sc2n1)CCCC3. The molecule has 5 rings (SSSR count). The second kappa shape index (κ2) is 8.77. The van der Waals surface area contributed by atoms with Crippen molar-refractivity contribution in [2.24, 2.45) is 0 Å². The summed E-state index contributed by atoms with van der Waals surface area (Å²) in [7, 11) is 0. The van der Waals surface area contributed by atoms with Crippen LogP contribution in [0.2, 0.25) is 0 Å². The molecule has 168 valence electrons. The van der Waals surface area contributed by atoms with E-state index in [9.17, 15) is 9.18 Å². The van der Waals surface area contributed by atoms with Crippen LogP contribution in [0.3, 0.4) is 0 Å². The molecule has 2 aliphatic rings. The number of anilines is 1. The van der Waals surface area contributed by atoms with Crippen LogP contribution in [0.25, 0.3) is 10.2 Å². The van der Waals surface area contributed by atoms with Crippen LogP contribution in [-0.4, -0.2) is 47.0 Å². The molecule has 0 N–H and O–H groups in total. The molecule has 0 spiro atoms. The number of rotatable bonds is 4. The Morgan fingerprint density at radius 1 is 1.09 bits per heavy atom. The number of piperazine rings is 1. The number of thiophene rings is 1. The molecule has 0 saturated carbocycles. The van der Waals surface area contributed by atoms with Gasteiger partial charge in [-0.15, -0.1) is 11.3 Å². The van der Waals surface area contributed by atoms with Crippen LogP contribution in [0, 0.1) is 5.82 Å². The molecule has 32 heavy (non-hydrogen) atoms. The monoisotopic (exact) mass is 452 g/mol. The highest BCUT2D eigenvalue weighted by molar-refractivity contribution is 7.19. The smallest absolute Gasteiger partial charge is 0.253 e. The average molecular weight is 453 g/mol. The molecule has 3 heterocycles. The Labute approximate surface area is 192 Å². The number of benzene rings is 1. The Bertz CT molecular complexity index is 1140. The second-order valence-corrected chi connectivity index (χ2v) is 9.98. The number of carbonyl (C=O) groups excluding carboxylic acids is 1. The standard InChI is InChI=1S/C25H29FN4OS/c1-3-16(2)22-27-23(21-19-6-4-5-7-20(19)32-24(21)28-22)29-12-14-30(15-13-29)25(31)17-8-10-18(26)11-9-17/h8-11,16H,3-7,12-15H2,1-2H3/t16-/m0/s1. The molecule has 7 heteroatoms. The van der Waals surface area contributed by atoms with E-state index in [2.05, 4.69) is 18.7 Å². The number of amides is 1. The summed E-state index contributed by atoms with van der Waals surface area (Å²) >= 11 is 1.85. The Balaban J connectivity index is 1.43. The third kappa shape index (κ3) is 3.87. The summed E-state index contributed by atoms with van der Waals surface area (Å²) in [6.45, 7) is 7.11. The predicted molar refractivity (Wildman–Crippen MR) is 127 cm³/mol. The summed E-state index contributed by atoms with van der Waals surface area (Å²) in [5, 5.41) is 1.25. The van der Waals surface area contributed by atoms with E-state index >= 15 is 0 Å². The van der Waals surface area contributed by atoms with Gasteiger partial charge in [-0.3, -0.25) is 4.79 Å². The topological polar surface area (TPSA) is 49.3 Å². The molecule has 1 amide bonds. The molecular formula is C25H29FN4OS. The maximum atomic E-state index is 13.2. The van der Waals surface area contributed by atoms with Gasteiger partial charge in [-0.05, 0) is 61.9 Å². The number of aryl methyl sites for hydroxylation is 2. The summed E-state index contributed by atoms with van der Waals surface area (Å²) in [5.41, 5.74) is 1.99. The van der Waals surface area contributed by atoms with Gasteiger partial charge in [0.1, 0.15) is 22.3 Å². The van der Waals surface area contributed by atoms with Crippen LogP contribution >= 0.6 is 11.3 Å². The highest BCUT2D eigenvalue weighted by Crippen LogP contribution is 2.40. The molecule has 5 nitrogen and oxygen atoms in total. The number of aromatic nitrogens is 2. The fourth-order valence-corrected chi connectivity index (χ4v) is 5.95. The lowest BCUT2D eigenvalue weighted by molar-refractivity contribution is 0.0746. The summed E-state index contributed by atoms with van der Waals surface area (Å²) in [6, 6.07) is 5.82. The van der Waals surface area contributed by atoms with E-state index in [-0.39, 0.29) is 11.7 Å². The second-order valence-electron chi connectivity index (χ2n) is 8.89. The van der Waals surface area contributed by atoms with Crippen molar-refractivity contribution in [3.63, 3.8) is 0 Å². The molecular weight excluding hydrogens is 423 g/mol. The number of carbonyl (C=O) groups is 1. The molecule has 0 unspecified atom stereocenters. The molecule has 1 fully saturated rings. The van der Waals surface area contributed by atoms with Crippen LogP contribution < -0.4 is 4.90 Å². The van der Waals surface area contributed by atoms with E-state index in [1.54, 1.807) is 12.1 Å². The van der Waals surface area contributed by atoms with Crippen molar-refractivity contribution in [3.8, 4) is 0 Å². The number of hydrogen-bond donors (Lipinski definition) is 0. The van der Waals surface area contributed by atoms with Crippen molar-refractivity contribution in [2.45, 2.75) is 51.9 Å². The first-order chi connectivity index (χ1) is 15.5. The lowest BCUT2D eigenvalue weighted by atomic mass is 9.96. The van der Waals surface area contributed by atoms with Crippen molar-refractivity contribution < 1.29 is 9.18 Å². The summed E-state index contributed by atoms with van der Waals surface area (Å²) in [4.78, 5) is 29.7. The van der Waals surface area contributed by atoms with Gasteiger partial charge in [0.25, 0.3) is 5.91 Å². The number of halogens is 1. The zero-order valence-corrected chi connectivity index (χ0v) is 19.6. The van der Waals surface area contributed by atoms with Gasteiger partial charge in [-0.2, -0.15) is 0 Å². The first-order valence-electron chi connectivity index (χ1n) is 11.7. The maximum absolute atomic E-state index is 13.2. The number of nitrogens with zero attached hydrogens (tertiary/aromatic N) is 4. The molecule has 1 aliphatic carbocycles. The zero-order valence-electron chi connectivity index (χ0n) is 18.7. The third-order valence-corrected chi connectivity index (χ3v) is 8.01. The van der Waals surface area contributed by atoms with Gasteiger partial charge in [0.15, 0.2) is 0 Å². The van der Waals surface area contributed by atoms with Gasteiger partial charge in [0.2, 0.25) is 0 Å². The molecule has 1 atom stereocenters. The third-order valence-electron chi connectivity index (χ3n) is 6.82. The van der Waals surface area contributed by atoms with Gasteiger partial charge in [0.05, 0.1) is 5.39 Å². The van der Waals surface area contributed by atoms with Crippen molar-refractivity contribution in [2.75, 3.05) is 31.1 Å². The van der Waals surface area contributed by atoms with E-state index in [0.29, 0.717) is 24.6 Å². The van der Waals surface area contributed by atoms with Crippen LogP contribution in [0.5, 0.6) is 0 Å². The van der Waals surface area contributed by atoms with Crippen LogP contribution in [0.15, 0.2) is 24.3 Å². The number of fused-ring (bicyclic) bond motifs is 3. The Morgan fingerprint density at radius 2 is 1.81 bits per heavy atom. The molecule has 2 aromatic heterocycles. The molecule has 1 aromatic carbocycles. The van der Waals surface area contributed by atoms with Crippen molar-refractivity contribution in [1.29, 1.82) is 0 Å². The van der Waals surface area contributed by atoms with Crippen LogP contribution in [-0.2, 0) is 12.8 Å². The molecule has 1 aliphatic heterocycles. The van der Waals surface area contributed by atoms with Crippen LogP contribution in [0.4, 0.5) is 10.2 Å². The largest absolute Gasteiger partial charge is 0.352 e. The molecule has 1 saturated heterocycles. The minimum atomic E-state index is -0.324. The van der Waals surface area contributed by atoms with Crippen LogP contribution in [0.1, 0.15) is 65.7 Å². The summed E-state index contributed by atoms with van der Waals surface area (Å²) in [5.74, 6) is 1.94. The minimum Gasteiger partial charge on any atom is -0.352 e. The van der Waals surface area contributed by atoms with Crippen molar-refractivity contribution in [3.05, 3.63) is 51.9 Å². The van der Waals surface area contributed by atoms with Gasteiger partial charge in [0, 0.05) is 42.5 Å².